The van der Waals surface area contributed by atoms with Crippen molar-refractivity contribution in [1.29, 1.82) is 0 Å². The first-order valence-corrected chi connectivity index (χ1v) is 6.54. The minimum absolute atomic E-state index is 0. The maximum Gasteiger partial charge on any atom is 0.0760 e. The highest BCUT2D eigenvalue weighted by molar-refractivity contribution is 9.10. The lowest BCUT2D eigenvalue weighted by Crippen LogP contribution is -1.93. The number of hydrogen-bond donors (Lipinski definition) is 0. The van der Waals surface area contributed by atoms with E-state index >= 15 is 0 Å². The predicted octanol–water partition coefficient (Wildman–Crippen LogP) is 5.49. The number of nitrogens with zero attached hydrogens (tertiary/aromatic N) is 1. The summed E-state index contributed by atoms with van der Waals surface area (Å²) in [6.45, 7) is 4.22. The Bertz CT molecular complexity index is 540. The van der Waals surface area contributed by atoms with Gasteiger partial charge in [0.2, 0.25) is 0 Å². The maximum absolute atomic E-state index is 6.19. The van der Waals surface area contributed by atoms with Gasteiger partial charge in [-0.3, -0.25) is 4.98 Å². The zero-order valence-corrected chi connectivity index (χ0v) is 13.8. The monoisotopic (exact) mass is 377 g/mol. The summed E-state index contributed by atoms with van der Waals surface area (Å²) >= 11 is 9.77. The Morgan fingerprint density at radius 1 is 1.35 bits per heavy atom. The molecule has 1 aromatic heterocycles. The minimum atomic E-state index is 0. The Morgan fingerprint density at radius 2 is 2.06 bits per heavy atom. The molecule has 0 aliphatic rings. The summed E-state index contributed by atoms with van der Waals surface area (Å²) in [5.41, 5.74) is 3.29. The smallest absolute Gasteiger partial charge is 0.0760 e. The molecule has 0 N–H and O–H groups in total. The summed E-state index contributed by atoms with van der Waals surface area (Å²) in [6, 6.07) is 6.00. The van der Waals surface area contributed by atoms with E-state index in [1.165, 1.54) is 0 Å². The second-order valence-corrected chi connectivity index (χ2v) is 5.19. The van der Waals surface area contributed by atoms with Crippen LogP contribution in [-0.2, 0) is 6.42 Å². The number of pyridine rings is 1. The Balaban J connectivity index is 0.00000144. The highest BCUT2D eigenvalue weighted by atomic mass is 79.9. The van der Waals surface area contributed by atoms with E-state index in [0.717, 1.165) is 44.5 Å². The van der Waals surface area contributed by atoms with Crippen LogP contribution in [0, 0.1) is 6.92 Å². The van der Waals surface area contributed by atoms with E-state index in [2.05, 4.69) is 40.8 Å². The molecule has 0 unspecified atom stereocenters. The van der Waals surface area contributed by atoms with Crippen molar-refractivity contribution >= 4 is 55.4 Å². The van der Waals surface area contributed by atoms with Crippen molar-refractivity contribution in [2.24, 2.45) is 0 Å². The minimum Gasteiger partial charge on any atom is -0.252 e. The molecule has 0 amide bonds. The molecule has 0 bridgehead atoms. The summed E-state index contributed by atoms with van der Waals surface area (Å²) in [7, 11) is 0. The fraction of sp³-hybridized carbons (Fsp3) is 0.308. The van der Waals surface area contributed by atoms with Gasteiger partial charge in [0.15, 0.2) is 0 Å². The van der Waals surface area contributed by atoms with E-state index in [1.54, 1.807) is 0 Å². The third kappa shape index (κ3) is 3.01. The summed E-state index contributed by atoms with van der Waals surface area (Å²) < 4.78 is 1.04. The van der Waals surface area contributed by atoms with E-state index in [1.807, 2.05) is 12.1 Å². The summed E-state index contributed by atoms with van der Waals surface area (Å²) in [4.78, 5) is 4.67. The molecule has 2 rings (SSSR count). The lowest BCUT2D eigenvalue weighted by molar-refractivity contribution is 0.888. The number of rotatable bonds is 2. The van der Waals surface area contributed by atoms with E-state index in [-0.39, 0.29) is 17.0 Å². The van der Waals surface area contributed by atoms with Crippen molar-refractivity contribution < 1.29 is 0 Å². The molecule has 0 fully saturated rings. The Kier molecular flexibility index (Phi) is 5.42. The first-order chi connectivity index (χ1) is 7.63. The molecule has 0 spiro atoms. The van der Waals surface area contributed by atoms with E-state index in [0.29, 0.717) is 0 Å². The zero-order valence-electron chi connectivity index (χ0n) is 9.76. The van der Waals surface area contributed by atoms with Crippen LogP contribution in [0.3, 0.4) is 0 Å². The van der Waals surface area contributed by atoms with Gasteiger partial charge in [-0.1, -0.05) is 31.0 Å². The number of fused-ring (bicyclic) bond motifs is 1. The van der Waals surface area contributed by atoms with Gasteiger partial charge in [0.25, 0.3) is 0 Å². The molecule has 1 heterocycles. The average Bonchev–Trinajstić information content (AvgIpc) is 2.23. The van der Waals surface area contributed by atoms with Gasteiger partial charge in [0, 0.05) is 15.6 Å². The van der Waals surface area contributed by atoms with Crippen molar-refractivity contribution in [3.63, 3.8) is 0 Å². The standard InChI is InChI=1S/C13H13BrClN.BrH/c1-3-4-9-7-10(14)12-11(15)6-5-8(2)13(12)16-9;/h5-7H,3-4H2,1-2H3;1H. The predicted molar refractivity (Wildman–Crippen MR) is 83.5 cm³/mol. The van der Waals surface area contributed by atoms with Gasteiger partial charge in [-0.2, -0.15) is 0 Å². The first kappa shape index (κ1) is 14.9. The topological polar surface area (TPSA) is 12.9 Å². The Labute approximate surface area is 125 Å². The maximum atomic E-state index is 6.19. The molecule has 2 aromatic rings. The van der Waals surface area contributed by atoms with Crippen LogP contribution >= 0.6 is 44.5 Å². The van der Waals surface area contributed by atoms with Crippen LogP contribution < -0.4 is 0 Å². The van der Waals surface area contributed by atoms with Crippen molar-refractivity contribution in [3.8, 4) is 0 Å². The van der Waals surface area contributed by atoms with Crippen LogP contribution in [0.2, 0.25) is 5.02 Å². The lowest BCUT2D eigenvalue weighted by atomic mass is 10.1. The van der Waals surface area contributed by atoms with Crippen molar-refractivity contribution in [3.05, 3.63) is 39.0 Å². The lowest BCUT2D eigenvalue weighted by Gasteiger charge is -2.08. The molecule has 4 heteroatoms. The molecule has 0 aliphatic heterocycles. The van der Waals surface area contributed by atoms with Crippen molar-refractivity contribution in [2.45, 2.75) is 26.7 Å². The van der Waals surface area contributed by atoms with Gasteiger partial charge in [0.1, 0.15) is 0 Å². The number of aryl methyl sites for hydroxylation is 2. The molecule has 0 saturated carbocycles. The Morgan fingerprint density at radius 3 is 2.71 bits per heavy atom. The van der Waals surface area contributed by atoms with Crippen molar-refractivity contribution in [2.75, 3.05) is 0 Å². The fourth-order valence-electron chi connectivity index (χ4n) is 1.82. The number of hydrogen-bond acceptors (Lipinski definition) is 1. The van der Waals surface area contributed by atoms with Crippen LogP contribution in [-0.4, -0.2) is 4.98 Å². The first-order valence-electron chi connectivity index (χ1n) is 5.37. The largest absolute Gasteiger partial charge is 0.252 e. The second kappa shape index (κ2) is 6.17. The summed E-state index contributed by atoms with van der Waals surface area (Å²) in [5, 5.41) is 1.77. The van der Waals surface area contributed by atoms with E-state index in [9.17, 15) is 0 Å². The number of halogens is 3. The van der Waals surface area contributed by atoms with Gasteiger partial charge >= 0.3 is 0 Å². The van der Waals surface area contributed by atoms with Gasteiger partial charge < -0.3 is 0 Å². The fourth-order valence-corrected chi connectivity index (χ4v) is 2.85. The second-order valence-electron chi connectivity index (χ2n) is 3.93. The highest BCUT2D eigenvalue weighted by Crippen LogP contribution is 2.32. The molecular formula is C13H14Br2ClN. The third-order valence-electron chi connectivity index (χ3n) is 2.62. The molecular weight excluding hydrogens is 365 g/mol. The van der Waals surface area contributed by atoms with E-state index in [4.69, 9.17) is 11.6 Å². The zero-order chi connectivity index (χ0) is 11.7. The highest BCUT2D eigenvalue weighted by Gasteiger charge is 2.09. The van der Waals surface area contributed by atoms with Gasteiger partial charge in [-0.05, 0) is 47.0 Å². The molecule has 92 valence electrons. The van der Waals surface area contributed by atoms with Gasteiger partial charge in [0.05, 0.1) is 10.5 Å². The number of benzene rings is 1. The van der Waals surface area contributed by atoms with Crippen molar-refractivity contribution in [1.82, 2.24) is 4.98 Å². The van der Waals surface area contributed by atoms with Gasteiger partial charge in [-0.25, -0.2) is 0 Å². The SMILES string of the molecule is Br.CCCc1cc(Br)c2c(Cl)ccc(C)c2n1. The molecule has 0 radical (unpaired) electrons. The summed E-state index contributed by atoms with van der Waals surface area (Å²) in [5.74, 6) is 0. The quantitative estimate of drug-likeness (QED) is 0.672. The third-order valence-corrected chi connectivity index (χ3v) is 3.56. The molecule has 0 atom stereocenters. The van der Waals surface area contributed by atoms with Crippen LogP contribution in [0.4, 0.5) is 0 Å². The summed E-state index contributed by atoms with van der Waals surface area (Å²) in [6.07, 6.45) is 2.10. The molecule has 17 heavy (non-hydrogen) atoms. The van der Waals surface area contributed by atoms with Crippen LogP contribution in [0.25, 0.3) is 10.9 Å². The molecule has 1 aromatic carbocycles. The van der Waals surface area contributed by atoms with Crippen LogP contribution in [0.15, 0.2) is 22.7 Å². The Hall–Kier alpha value is -0.120. The van der Waals surface area contributed by atoms with Crippen LogP contribution in [0.5, 0.6) is 0 Å². The van der Waals surface area contributed by atoms with Crippen LogP contribution in [0.1, 0.15) is 24.6 Å². The van der Waals surface area contributed by atoms with Gasteiger partial charge in [-0.15, -0.1) is 17.0 Å². The molecule has 0 aliphatic carbocycles. The molecule has 0 saturated heterocycles. The van der Waals surface area contributed by atoms with E-state index < -0.39 is 0 Å². The molecule has 1 nitrogen and oxygen atoms in total. The number of aromatic nitrogens is 1. The average molecular weight is 380 g/mol. The normalized spacial score (nSPS) is 10.4.